The van der Waals surface area contributed by atoms with Gasteiger partial charge in [0.1, 0.15) is 0 Å². The van der Waals surface area contributed by atoms with Gasteiger partial charge in [0.05, 0.1) is 34.2 Å². The summed E-state index contributed by atoms with van der Waals surface area (Å²) in [5, 5.41) is 35.5. The van der Waals surface area contributed by atoms with E-state index in [4.69, 9.17) is 0 Å². The van der Waals surface area contributed by atoms with Gasteiger partial charge in [0.2, 0.25) is 5.91 Å². The Labute approximate surface area is 210 Å². The Morgan fingerprint density at radius 1 is 1.00 bits per heavy atom. The Bertz CT molecular complexity index is 896. The van der Waals surface area contributed by atoms with E-state index in [1.807, 2.05) is 0 Å². The number of hydrogen-bond acceptors (Lipinski definition) is 7. The number of carbonyl (C=O) groups excluding carboxylic acids is 1. The van der Waals surface area contributed by atoms with Gasteiger partial charge in [-0.25, -0.2) is 8.42 Å². The van der Waals surface area contributed by atoms with Crippen LogP contribution in [0.15, 0.2) is 0 Å². The lowest BCUT2D eigenvalue weighted by molar-refractivity contribution is -0.207. The number of aliphatic hydroxyl groups excluding tert-OH is 3. The van der Waals surface area contributed by atoms with E-state index in [-0.39, 0.29) is 41.5 Å². The predicted molar refractivity (Wildman–Crippen MR) is 130 cm³/mol. The van der Waals surface area contributed by atoms with Crippen molar-refractivity contribution in [3.63, 3.8) is 0 Å². The quantitative estimate of drug-likeness (QED) is 0.380. The van der Waals surface area contributed by atoms with Gasteiger partial charge >= 0.3 is 0 Å². The molecule has 4 aliphatic carbocycles. The molecule has 4 aliphatic rings. The molecule has 4 N–H and O–H groups in total. The molecule has 4 rings (SSSR count). The Hall–Kier alpha value is -0.740. The van der Waals surface area contributed by atoms with Gasteiger partial charge < -0.3 is 25.2 Å². The Balaban J connectivity index is 1.42. The zero-order chi connectivity index (χ0) is 25.8. The molecular weight excluding hydrogens is 470 g/mol. The van der Waals surface area contributed by atoms with E-state index >= 15 is 0 Å². The fraction of sp³-hybridized carbons (Fsp3) is 0.962. The molecule has 0 bridgehead atoms. The van der Waals surface area contributed by atoms with E-state index in [0.29, 0.717) is 42.9 Å². The monoisotopic (exact) mass is 514 g/mol. The lowest BCUT2D eigenvalue weighted by Gasteiger charge is -2.63. The van der Waals surface area contributed by atoms with Gasteiger partial charge in [0.25, 0.3) is 0 Å². The lowest BCUT2D eigenvalue weighted by Crippen LogP contribution is -2.62. The number of carbonyl (C=O) groups is 1. The van der Waals surface area contributed by atoms with Gasteiger partial charge in [0, 0.05) is 13.0 Å². The number of aliphatic hydroxyl groups is 3. The Morgan fingerprint density at radius 2 is 1.69 bits per heavy atom. The second-order valence-electron chi connectivity index (χ2n) is 12.6. The van der Waals surface area contributed by atoms with Gasteiger partial charge in [-0.1, -0.05) is 20.8 Å². The summed E-state index contributed by atoms with van der Waals surface area (Å²) in [6, 6.07) is 0. The van der Waals surface area contributed by atoms with Crippen molar-refractivity contribution in [2.75, 3.05) is 12.3 Å². The highest BCUT2D eigenvalue weighted by molar-refractivity contribution is 7.85. The summed E-state index contributed by atoms with van der Waals surface area (Å²) in [4.78, 5) is 12.2. The molecule has 11 atom stereocenters. The van der Waals surface area contributed by atoms with Crippen LogP contribution >= 0.6 is 0 Å². The van der Waals surface area contributed by atoms with Crippen LogP contribution in [0.5, 0.6) is 0 Å². The van der Waals surface area contributed by atoms with Crippen LogP contribution in [0, 0.1) is 46.3 Å². The van der Waals surface area contributed by atoms with E-state index in [1.54, 1.807) is 0 Å². The van der Waals surface area contributed by atoms with E-state index in [0.717, 1.165) is 32.1 Å². The van der Waals surface area contributed by atoms with Gasteiger partial charge in [-0.2, -0.15) is 0 Å². The number of amides is 1. The molecule has 8 nitrogen and oxygen atoms in total. The van der Waals surface area contributed by atoms with Crippen molar-refractivity contribution < 1.29 is 33.1 Å². The first-order chi connectivity index (χ1) is 16.3. The molecule has 35 heavy (non-hydrogen) atoms. The summed E-state index contributed by atoms with van der Waals surface area (Å²) < 4.78 is 32.2. The average molecular weight is 515 g/mol. The summed E-state index contributed by atoms with van der Waals surface area (Å²) in [6.45, 7) is 6.43. The van der Waals surface area contributed by atoms with Crippen LogP contribution in [0.3, 0.4) is 0 Å². The molecular formula is C26H44NO7S-. The lowest BCUT2D eigenvalue weighted by atomic mass is 9.43. The number of rotatable bonds is 7. The molecule has 0 aromatic rings. The number of fused-ring (bicyclic) bond motifs is 5. The van der Waals surface area contributed by atoms with Gasteiger partial charge in [-0.3, -0.25) is 4.79 Å². The molecule has 0 heterocycles. The SMILES string of the molecule is CC(CCC(=O)NCCS(=O)(=O)[O-])C1CCC2C3CCC4CC(O)CC(O)C4(C)C3CC(O)C12C. The first-order valence-electron chi connectivity index (χ1n) is 13.5. The van der Waals surface area contributed by atoms with Crippen LogP contribution in [0.4, 0.5) is 0 Å². The summed E-state index contributed by atoms with van der Waals surface area (Å²) in [5.74, 6) is 1.08. The molecule has 4 saturated carbocycles. The minimum absolute atomic E-state index is 0.160. The maximum atomic E-state index is 12.2. The van der Waals surface area contributed by atoms with E-state index in [9.17, 15) is 33.1 Å². The van der Waals surface area contributed by atoms with Crippen LogP contribution in [-0.4, -0.2) is 64.8 Å². The molecule has 11 unspecified atom stereocenters. The highest BCUT2D eigenvalue weighted by Crippen LogP contribution is 2.68. The van der Waals surface area contributed by atoms with E-state index in [1.165, 1.54) is 0 Å². The maximum absolute atomic E-state index is 12.2. The minimum atomic E-state index is -4.34. The zero-order valence-electron chi connectivity index (χ0n) is 21.4. The standard InChI is InChI=1S/C26H45NO7S/c1-15(4-9-24(31)27-10-11-35(32,33)34)19-7-8-20-18-6-5-16-12-17(28)13-22(29)25(16,2)21(18)14-23(30)26(19,20)3/h15-23,28-30H,4-14H2,1-3H3,(H,27,31)(H,32,33,34)/p-1. The van der Waals surface area contributed by atoms with Crippen molar-refractivity contribution in [3.05, 3.63) is 0 Å². The summed E-state index contributed by atoms with van der Waals surface area (Å²) in [6.07, 6.45) is 5.53. The molecule has 0 aromatic carbocycles. The Kier molecular flexibility index (Phi) is 7.69. The van der Waals surface area contributed by atoms with E-state index < -0.39 is 34.2 Å². The minimum Gasteiger partial charge on any atom is -0.748 e. The average Bonchev–Trinajstić information content (AvgIpc) is 3.12. The van der Waals surface area contributed by atoms with Crippen LogP contribution < -0.4 is 5.32 Å². The van der Waals surface area contributed by atoms with Crippen molar-refractivity contribution in [1.82, 2.24) is 5.32 Å². The number of hydrogen-bond donors (Lipinski definition) is 4. The first kappa shape index (κ1) is 27.3. The predicted octanol–water partition coefficient (Wildman–Crippen LogP) is 2.03. The Morgan fingerprint density at radius 3 is 2.37 bits per heavy atom. The van der Waals surface area contributed by atoms with Crippen molar-refractivity contribution >= 4 is 16.0 Å². The fourth-order valence-electron chi connectivity index (χ4n) is 9.19. The van der Waals surface area contributed by atoms with E-state index in [2.05, 4.69) is 26.1 Å². The third-order valence-corrected chi connectivity index (χ3v) is 11.8. The van der Waals surface area contributed by atoms with Crippen LogP contribution in [-0.2, 0) is 14.9 Å². The second kappa shape index (κ2) is 9.86. The topological polar surface area (TPSA) is 147 Å². The smallest absolute Gasteiger partial charge is 0.220 e. The summed E-state index contributed by atoms with van der Waals surface area (Å²) >= 11 is 0. The fourth-order valence-corrected chi connectivity index (χ4v) is 9.54. The molecule has 1 amide bonds. The van der Waals surface area contributed by atoms with Crippen LogP contribution in [0.1, 0.15) is 78.6 Å². The maximum Gasteiger partial charge on any atom is 0.220 e. The van der Waals surface area contributed by atoms with Crippen molar-refractivity contribution in [3.8, 4) is 0 Å². The molecule has 0 aromatic heterocycles. The molecule has 0 saturated heterocycles. The largest absolute Gasteiger partial charge is 0.748 e. The highest BCUT2D eigenvalue weighted by atomic mass is 32.2. The molecule has 0 radical (unpaired) electrons. The van der Waals surface area contributed by atoms with Crippen molar-refractivity contribution in [2.24, 2.45) is 46.3 Å². The number of nitrogens with one attached hydrogen (secondary N) is 1. The van der Waals surface area contributed by atoms with Gasteiger partial charge in [0.15, 0.2) is 0 Å². The third kappa shape index (κ3) is 4.92. The second-order valence-corrected chi connectivity index (χ2v) is 14.1. The summed E-state index contributed by atoms with van der Waals surface area (Å²) in [7, 11) is -4.34. The normalized spacial score (nSPS) is 46.3. The zero-order valence-corrected chi connectivity index (χ0v) is 22.2. The molecule has 0 aliphatic heterocycles. The van der Waals surface area contributed by atoms with Gasteiger partial charge in [-0.15, -0.1) is 0 Å². The third-order valence-electron chi connectivity index (χ3n) is 11.1. The molecule has 9 heteroatoms. The van der Waals surface area contributed by atoms with Crippen LogP contribution in [0.25, 0.3) is 0 Å². The van der Waals surface area contributed by atoms with Crippen molar-refractivity contribution in [2.45, 2.75) is 96.9 Å². The van der Waals surface area contributed by atoms with Crippen molar-refractivity contribution in [1.29, 1.82) is 0 Å². The molecule has 202 valence electrons. The van der Waals surface area contributed by atoms with Gasteiger partial charge in [-0.05, 0) is 97.7 Å². The first-order valence-corrected chi connectivity index (χ1v) is 15.1. The van der Waals surface area contributed by atoms with Crippen LogP contribution in [0.2, 0.25) is 0 Å². The highest BCUT2D eigenvalue weighted by Gasteiger charge is 2.65. The molecule has 4 fully saturated rings. The summed E-state index contributed by atoms with van der Waals surface area (Å²) in [5.41, 5.74) is -0.486. The molecule has 0 spiro atoms.